The van der Waals surface area contributed by atoms with E-state index in [1.165, 1.54) is 4.88 Å². The summed E-state index contributed by atoms with van der Waals surface area (Å²) >= 11 is 1.69. The van der Waals surface area contributed by atoms with Gasteiger partial charge < -0.3 is 10.0 Å². The molecular weight excluding hydrogens is 260 g/mol. The van der Waals surface area contributed by atoms with E-state index in [9.17, 15) is 9.90 Å². The van der Waals surface area contributed by atoms with Crippen LogP contribution < -0.4 is 5.32 Å². The van der Waals surface area contributed by atoms with Gasteiger partial charge in [0.05, 0.1) is 12.1 Å². The van der Waals surface area contributed by atoms with Crippen molar-refractivity contribution in [2.75, 3.05) is 0 Å². The normalized spacial score (nSPS) is 35.9. The molecule has 1 aliphatic heterocycles. The third kappa shape index (κ3) is 2.42. The van der Waals surface area contributed by atoms with Crippen LogP contribution in [0.5, 0.6) is 0 Å². The molecule has 1 saturated heterocycles. The molecule has 0 bridgehead atoms. The average molecular weight is 280 g/mol. The average Bonchev–Trinajstić information content (AvgIpc) is 3.01. The lowest BCUT2D eigenvalue weighted by atomic mass is 9.91. The van der Waals surface area contributed by atoms with Gasteiger partial charge in [-0.3, -0.25) is 10.1 Å². The first-order valence-corrected chi connectivity index (χ1v) is 7.84. The van der Waals surface area contributed by atoms with Crippen molar-refractivity contribution in [1.29, 1.82) is 0 Å². The van der Waals surface area contributed by atoms with Gasteiger partial charge in [-0.15, -0.1) is 11.3 Å². The number of hydrogen-bond donors (Lipinski definition) is 2. The SMILES string of the molecule is CC1NC(c2cccs2)N(C2CCC(O)CC2)C1=O. The van der Waals surface area contributed by atoms with Crippen molar-refractivity contribution in [3.05, 3.63) is 22.4 Å². The van der Waals surface area contributed by atoms with Crippen LogP contribution in [0.1, 0.15) is 43.6 Å². The Balaban J connectivity index is 1.81. The minimum Gasteiger partial charge on any atom is -0.393 e. The van der Waals surface area contributed by atoms with E-state index in [-0.39, 0.29) is 30.3 Å². The van der Waals surface area contributed by atoms with Crippen molar-refractivity contribution in [1.82, 2.24) is 10.2 Å². The van der Waals surface area contributed by atoms with E-state index in [4.69, 9.17) is 0 Å². The van der Waals surface area contributed by atoms with Crippen molar-refractivity contribution in [3.8, 4) is 0 Å². The molecule has 4 nitrogen and oxygen atoms in total. The molecule has 1 aliphatic carbocycles. The van der Waals surface area contributed by atoms with Crippen LogP contribution in [0.2, 0.25) is 0 Å². The van der Waals surface area contributed by atoms with E-state index in [0.717, 1.165) is 25.7 Å². The lowest BCUT2D eigenvalue weighted by Gasteiger charge is -2.36. The van der Waals surface area contributed by atoms with Gasteiger partial charge in [0.2, 0.25) is 5.91 Å². The van der Waals surface area contributed by atoms with Gasteiger partial charge in [0.25, 0.3) is 0 Å². The molecule has 5 heteroatoms. The van der Waals surface area contributed by atoms with Crippen molar-refractivity contribution in [2.45, 2.75) is 57.0 Å². The first-order valence-electron chi connectivity index (χ1n) is 6.96. The quantitative estimate of drug-likeness (QED) is 0.869. The summed E-state index contributed by atoms with van der Waals surface area (Å²) in [5, 5.41) is 15.1. The minimum atomic E-state index is -0.181. The van der Waals surface area contributed by atoms with E-state index in [2.05, 4.69) is 11.4 Å². The maximum absolute atomic E-state index is 12.4. The number of rotatable bonds is 2. The highest BCUT2D eigenvalue weighted by Crippen LogP contribution is 2.35. The predicted molar refractivity (Wildman–Crippen MR) is 74.8 cm³/mol. The molecule has 3 rings (SSSR count). The zero-order valence-corrected chi connectivity index (χ0v) is 11.9. The van der Waals surface area contributed by atoms with Crippen molar-refractivity contribution in [3.63, 3.8) is 0 Å². The van der Waals surface area contributed by atoms with Gasteiger partial charge in [-0.25, -0.2) is 0 Å². The molecule has 104 valence electrons. The van der Waals surface area contributed by atoms with Gasteiger partial charge in [0.1, 0.15) is 6.17 Å². The molecule has 0 aromatic carbocycles. The number of nitrogens with one attached hydrogen (secondary N) is 1. The molecule has 0 spiro atoms. The van der Waals surface area contributed by atoms with E-state index in [1.54, 1.807) is 11.3 Å². The van der Waals surface area contributed by atoms with Gasteiger partial charge >= 0.3 is 0 Å². The molecule has 1 amide bonds. The fourth-order valence-corrected chi connectivity index (χ4v) is 3.91. The summed E-state index contributed by atoms with van der Waals surface area (Å²) in [7, 11) is 0. The van der Waals surface area contributed by atoms with Gasteiger partial charge in [-0.2, -0.15) is 0 Å². The molecule has 2 unspecified atom stereocenters. The third-order valence-corrected chi connectivity index (χ3v) is 5.11. The smallest absolute Gasteiger partial charge is 0.241 e. The van der Waals surface area contributed by atoms with Crippen molar-refractivity contribution in [2.24, 2.45) is 0 Å². The van der Waals surface area contributed by atoms with Crippen LogP contribution in [0.15, 0.2) is 17.5 Å². The molecule has 1 aromatic rings. The van der Waals surface area contributed by atoms with E-state index in [0.29, 0.717) is 0 Å². The summed E-state index contributed by atoms with van der Waals surface area (Å²) < 4.78 is 0. The molecular formula is C14H20N2O2S. The van der Waals surface area contributed by atoms with E-state index in [1.807, 2.05) is 23.3 Å². The number of nitrogens with zero attached hydrogens (tertiary/aromatic N) is 1. The highest BCUT2D eigenvalue weighted by Gasteiger charge is 2.42. The number of aliphatic hydroxyl groups is 1. The molecule has 2 fully saturated rings. The summed E-state index contributed by atoms with van der Waals surface area (Å²) in [6.45, 7) is 1.93. The first kappa shape index (κ1) is 13.1. The standard InChI is InChI=1S/C14H20N2O2S/c1-9-14(18)16(10-4-6-11(17)7-5-10)13(15-9)12-3-2-8-19-12/h2-3,8-11,13,15,17H,4-7H2,1H3. The third-order valence-electron chi connectivity index (χ3n) is 4.18. The molecule has 2 heterocycles. The number of hydrogen-bond acceptors (Lipinski definition) is 4. The summed E-state index contributed by atoms with van der Waals surface area (Å²) in [5.74, 6) is 0.194. The minimum absolute atomic E-state index is 0.0164. The van der Waals surface area contributed by atoms with Crippen molar-refractivity contribution >= 4 is 17.2 Å². The Morgan fingerprint density at radius 3 is 2.74 bits per heavy atom. The van der Waals surface area contributed by atoms with Crippen LogP contribution in [0.25, 0.3) is 0 Å². The molecule has 2 atom stereocenters. The summed E-state index contributed by atoms with van der Waals surface area (Å²) in [6, 6.07) is 4.26. The van der Waals surface area contributed by atoms with Gasteiger partial charge in [-0.1, -0.05) is 6.07 Å². The summed E-state index contributed by atoms with van der Waals surface area (Å²) in [4.78, 5) is 15.6. The Kier molecular flexibility index (Phi) is 3.60. The van der Waals surface area contributed by atoms with E-state index >= 15 is 0 Å². The van der Waals surface area contributed by atoms with Crippen LogP contribution in [0.3, 0.4) is 0 Å². The fraction of sp³-hybridized carbons (Fsp3) is 0.643. The second kappa shape index (κ2) is 5.23. The number of aliphatic hydroxyl groups excluding tert-OH is 1. The fourth-order valence-electron chi connectivity index (χ4n) is 3.13. The number of carbonyl (C=O) groups excluding carboxylic acids is 1. The molecule has 19 heavy (non-hydrogen) atoms. The predicted octanol–water partition coefficient (Wildman–Crippen LogP) is 1.87. The maximum Gasteiger partial charge on any atom is 0.241 e. The summed E-state index contributed by atoms with van der Waals surface area (Å²) in [6.07, 6.45) is 3.26. The Labute approximate surface area is 117 Å². The van der Waals surface area contributed by atoms with Crippen LogP contribution in [0.4, 0.5) is 0 Å². The summed E-state index contributed by atoms with van der Waals surface area (Å²) in [5.41, 5.74) is 0. The maximum atomic E-state index is 12.4. The zero-order valence-electron chi connectivity index (χ0n) is 11.1. The molecule has 2 N–H and O–H groups in total. The first-order chi connectivity index (χ1) is 9.16. The van der Waals surface area contributed by atoms with Crippen LogP contribution in [-0.2, 0) is 4.79 Å². The lowest BCUT2D eigenvalue weighted by molar-refractivity contribution is -0.133. The van der Waals surface area contributed by atoms with Crippen LogP contribution in [0, 0.1) is 0 Å². The zero-order chi connectivity index (χ0) is 13.4. The topological polar surface area (TPSA) is 52.6 Å². The Hall–Kier alpha value is -0.910. The number of amides is 1. The monoisotopic (exact) mass is 280 g/mol. The van der Waals surface area contributed by atoms with E-state index < -0.39 is 0 Å². The Morgan fingerprint density at radius 2 is 2.11 bits per heavy atom. The molecule has 2 aliphatic rings. The highest BCUT2D eigenvalue weighted by atomic mass is 32.1. The second-order valence-electron chi connectivity index (χ2n) is 5.51. The van der Waals surface area contributed by atoms with Crippen molar-refractivity contribution < 1.29 is 9.90 Å². The molecule has 0 radical (unpaired) electrons. The van der Waals surface area contributed by atoms with Crippen LogP contribution >= 0.6 is 11.3 Å². The number of thiophene rings is 1. The Bertz CT molecular complexity index is 440. The molecule has 1 aromatic heterocycles. The van der Waals surface area contributed by atoms with Gasteiger partial charge in [0.15, 0.2) is 0 Å². The largest absolute Gasteiger partial charge is 0.393 e. The highest BCUT2D eigenvalue weighted by molar-refractivity contribution is 7.10. The second-order valence-corrected chi connectivity index (χ2v) is 6.49. The Morgan fingerprint density at radius 1 is 1.37 bits per heavy atom. The van der Waals surface area contributed by atoms with Gasteiger partial charge in [-0.05, 0) is 44.1 Å². The lowest BCUT2D eigenvalue weighted by Crippen LogP contribution is -2.42. The molecule has 1 saturated carbocycles. The van der Waals surface area contributed by atoms with Gasteiger partial charge in [0, 0.05) is 10.9 Å². The van der Waals surface area contributed by atoms with Crippen LogP contribution in [-0.4, -0.2) is 34.1 Å². The number of carbonyl (C=O) groups is 1.